The summed E-state index contributed by atoms with van der Waals surface area (Å²) in [6.07, 6.45) is 0.971. The Morgan fingerprint density at radius 3 is 2.32 bits per heavy atom. The molecule has 0 aliphatic carbocycles. The fraction of sp³-hybridized carbons (Fsp3) is 0.214. The van der Waals surface area contributed by atoms with Gasteiger partial charge in [-0.3, -0.25) is 14.8 Å². The molecule has 0 aliphatic heterocycles. The van der Waals surface area contributed by atoms with E-state index in [2.05, 4.69) is 20.7 Å². The Morgan fingerprint density at radius 2 is 1.63 bits per heavy atom. The van der Waals surface area contributed by atoms with Crippen molar-refractivity contribution in [3.8, 4) is 22.4 Å². The Kier molecular flexibility index (Phi) is 7.25. The monoisotopic (exact) mass is 519 g/mol. The average Bonchev–Trinajstić information content (AvgIpc) is 3.22. The Labute approximate surface area is 218 Å². The molecule has 2 aromatic carbocycles. The zero-order valence-corrected chi connectivity index (χ0v) is 21.6. The quantitative estimate of drug-likeness (QED) is 0.321. The van der Waals surface area contributed by atoms with Crippen molar-refractivity contribution in [1.82, 2.24) is 14.8 Å². The lowest BCUT2D eigenvalue weighted by atomic mass is 9.98. The standard InChI is InChI=1S/C28H27F2N5O3/c1-16-9-10-17(18-11-12-31-24(14-18)32-27(37)38-28(2,3)4)13-19(16)23-15-22(34-35(23)5)26(36)33-25-20(29)7-6-8-21(25)30/h6-15H,1-5H3,(H,33,36)(H,31,32,37). The lowest BCUT2D eigenvalue weighted by Gasteiger charge is -2.19. The van der Waals surface area contributed by atoms with Crippen LogP contribution >= 0.6 is 0 Å². The number of carbonyl (C=O) groups excluding carboxylic acids is 2. The highest BCUT2D eigenvalue weighted by molar-refractivity contribution is 6.03. The second-order valence-corrected chi connectivity index (χ2v) is 9.68. The fourth-order valence-electron chi connectivity index (χ4n) is 3.79. The largest absolute Gasteiger partial charge is 0.444 e. The molecule has 0 radical (unpaired) electrons. The molecule has 38 heavy (non-hydrogen) atoms. The maximum Gasteiger partial charge on any atom is 0.413 e. The van der Waals surface area contributed by atoms with Crippen molar-refractivity contribution in [2.45, 2.75) is 33.3 Å². The number of hydrogen-bond donors (Lipinski definition) is 2. The van der Waals surface area contributed by atoms with Crippen LogP contribution in [0.25, 0.3) is 22.4 Å². The third kappa shape index (κ3) is 6.03. The van der Waals surface area contributed by atoms with Gasteiger partial charge in [-0.2, -0.15) is 5.10 Å². The van der Waals surface area contributed by atoms with Gasteiger partial charge in [0.2, 0.25) is 0 Å². The maximum absolute atomic E-state index is 14.0. The van der Waals surface area contributed by atoms with Gasteiger partial charge >= 0.3 is 6.09 Å². The summed E-state index contributed by atoms with van der Waals surface area (Å²) in [6.45, 7) is 7.24. The number of nitrogens with zero attached hydrogens (tertiary/aromatic N) is 3. The van der Waals surface area contributed by atoms with Gasteiger partial charge in [-0.05, 0) is 80.8 Å². The molecule has 4 rings (SSSR count). The van der Waals surface area contributed by atoms with Crippen LogP contribution in [0.15, 0.2) is 60.8 Å². The number of nitrogens with one attached hydrogen (secondary N) is 2. The highest BCUT2D eigenvalue weighted by Gasteiger charge is 2.20. The second-order valence-electron chi connectivity index (χ2n) is 9.68. The highest BCUT2D eigenvalue weighted by atomic mass is 19.1. The van der Waals surface area contributed by atoms with Crippen LogP contribution in [0.3, 0.4) is 0 Å². The van der Waals surface area contributed by atoms with Crippen molar-refractivity contribution in [3.05, 3.63) is 83.7 Å². The minimum absolute atomic E-state index is 0.00251. The van der Waals surface area contributed by atoms with E-state index in [-0.39, 0.29) is 5.69 Å². The number of para-hydroxylation sites is 1. The molecule has 0 fully saturated rings. The lowest BCUT2D eigenvalue weighted by molar-refractivity contribution is 0.0635. The second kappa shape index (κ2) is 10.4. The number of aromatic nitrogens is 3. The zero-order valence-electron chi connectivity index (χ0n) is 21.6. The summed E-state index contributed by atoms with van der Waals surface area (Å²) in [5.41, 5.74) is 2.81. The molecular weight excluding hydrogens is 492 g/mol. The molecule has 0 spiro atoms. The van der Waals surface area contributed by atoms with Crippen LogP contribution in [0.5, 0.6) is 0 Å². The van der Waals surface area contributed by atoms with Gasteiger partial charge in [0.1, 0.15) is 28.7 Å². The van der Waals surface area contributed by atoms with Crippen LogP contribution in [-0.4, -0.2) is 32.4 Å². The van der Waals surface area contributed by atoms with E-state index < -0.39 is 34.9 Å². The van der Waals surface area contributed by atoms with E-state index in [0.717, 1.165) is 34.4 Å². The van der Waals surface area contributed by atoms with Crippen molar-refractivity contribution in [3.63, 3.8) is 0 Å². The number of anilines is 2. The van der Waals surface area contributed by atoms with Crippen molar-refractivity contribution < 1.29 is 23.1 Å². The van der Waals surface area contributed by atoms with E-state index in [0.29, 0.717) is 11.5 Å². The molecule has 0 atom stereocenters. The molecule has 4 aromatic rings. The average molecular weight is 520 g/mol. The van der Waals surface area contributed by atoms with Crippen molar-refractivity contribution in [2.75, 3.05) is 10.6 Å². The Bertz CT molecular complexity index is 1510. The first-order valence-electron chi connectivity index (χ1n) is 11.8. The van der Waals surface area contributed by atoms with Crippen molar-refractivity contribution >= 4 is 23.5 Å². The van der Waals surface area contributed by atoms with E-state index in [1.54, 1.807) is 52.2 Å². The molecule has 2 heterocycles. The van der Waals surface area contributed by atoms with E-state index >= 15 is 0 Å². The highest BCUT2D eigenvalue weighted by Crippen LogP contribution is 2.31. The summed E-state index contributed by atoms with van der Waals surface area (Å²) in [7, 11) is 1.68. The van der Waals surface area contributed by atoms with Crippen LogP contribution in [0.2, 0.25) is 0 Å². The number of amides is 2. The summed E-state index contributed by atoms with van der Waals surface area (Å²) >= 11 is 0. The summed E-state index contributed by atoms with van der Waals surface area (Å²) in [4.78, 5) is 29.1. The fourth-order valence-corrected chi connectivity index (χ4v) is 3.79. The number of rotatable bonds is 5. The first-order chi connectivity index (χ1) is 17.9. The Morgan fingerprint density at radius 1 is 0.947 bits per heavy atom. The van der Waals surface area contributed by atoms with Gasteiger partial charge in [0.05, 0.1) is 5.69 Å². The molecular formula is C28H27F2N5O3. The van der Waals surface area contributed by atoms with Gasteiger partial charge < -0.3 is 10.1 Å². The minimum atomic E-state index is -0.879. The molecule has 0 saturated heterocycles. The molecule has 2 amide bonds. The van der Waals surface area contributed by atoms with Crippen LogP contribution in [0, 0.1) is 18.6 Å². The number of carbonyl (C=O) groups is 2. The lowest BCUT2D eigenvalue weighted by Crippen LogP contribution is -2.27. The van der Waals surface area contributed by atoms with Crippen LogP contribution in [0.1, 0.15) is 36.8 Å². The first kappa shape index (κ1) is 26.5. The molecule has 10 heteroatoms. The first-order valence-corrected chi connectivity index (χ1v) is 11.8. The number of hydrogen-bond acceptors (Lipinski definition) is 5. The van der Waals surface area contributed by atoms with E-state index in [9.17, 15) is 18.4 Å². The van der Waals surface area contributed by atoms with E-state index in [4.69, 9.17) is 4.74 Å². The number of benzene rings is 2. The van der Waals surface area contributed by atoms with Crippen LogP contribution in [-0.2, 0) is 11.8 Å². The zero-order chi connectivity index (χ0) is 27.6. The van der Waals surface area contributed by atoms with Gasteiger partial charge in [-0.1, -0.05) is 18.2 Å². The van der Waals surface area contributed by atoms with Crippen LogP contribution in [0.4, 0.5) is 25.1 Å². The summed E-state index contributed by atoms with van der Waals surface area (Å²) in [5.74, 6) is -2.16. The number of halogens is 2. The molecule has 0 bridgehead atoms. The molecule has 2 N–H and O–H groups in total. The van der Waals surface area contributed by atoms with Gasteiger partial charge in [0, 0.05) is 18.8 Å². The molecule has 0 aliphatic rings. The minimum Gasteiger partial charge on any atom is -0.444 e. The third-order valence-electron chi connectivity index (χ3n) is 5.55. The summed E-state index contributed by atoms with van der Waals surface area (Å²) in [5, 5.41) is 9.14. The van der Waals surface area contributed by atoms with Crippen molar-refractivity contribution in [1.29, 1.82) is 0 Å². The summed E-state index contributed by atoms with van der Waals surface area (Å²) in [6, 6.07) is 14.2. The SMILES string of the molecule is Cc1ccc(-c2ccnc(NC(=O)OC(C)(C)C)c2)cc1-c1cc(C(=O)Nc2c(F)cccc2F)nn1C. The Balaban J connectivity index is 1.61. The molecule has 0 unspecified atom stereocenters. The molecule has 2 aromatic heterocycles. The smallest absolute Gasteiger partial charge is 0.413 e. The topological polar surface area (TPSA) is 98.1 Å². The van der Waals surface area contributed by atoms with Crippen LogP contribution < -0.4 is 10.6 Å². The maximum atomic E-state index is 14.0. The molecule has 8 nitrogen and oxygen atoms in total. The van der Waals surface area contributed by atoms with Gasteiger partial charge in [-0.25, -0.2) is 18.6 Å². The predicted octanol–water partition coefficient (Wildman–Crippen LogP) is 6.34. The van der Waals surface area contributed by atoms with Gasteiger partial charge in [-0.15, -0.1) is 0 Å². The normalized spacial score (nSPS) is 11.2. The summed E-state index contributed by atoms with van der Waals surface area (Å²) < 4.78 is 34.8. The van der Waals surface area contributed by atoms with E-state index in [1.807, 2.05) is 25.1 Å². The Hall–Kier alpha value is -4.60. The number of aryl methyl sites for hydroxylation is 2. The molecule has 196 valence electrons. The number of ether oxygens (including phenoxy) is 1. The molecule has 0 saturated carbocycles. The number of pyridine rings is 1. The third-order valence-corrected chi connectivity index (χ3v) is 5.55. The van der Waals surface area contributed by atoms with Gasteiger partial charge in [0.25, 0.3) is 5.91 Å². The van der Waals surface area contributed by atoms with E-state index in [1.165, 1.54) is 10.7 Å². The van der Waals surface area contributed by atoms with Gasteiger partial charge in [0.15, 0.2) is 5.69 Å². The van der Waals surface area contributed by atoms with Crippen molar-refractivity contribution in [2.24, 2.45) is 7.05 Å². The predicted molar refractivity (Wildman–Crippen MR) is 141 cm³/mol.